The van der Waals surface area contributed by atoms with Gasteiger partial charge in [0.15, 0.2) is 0 Å². The van der Waals surface area contributed by atoms with E-state index in [-0.39, 0.29) is 5.82 Å². The van der Waals surface area contributed by atoms with Crippen LogP contribution >= 0.6 is 0 Å². The molecule has 0 atom stereocenters. The van der Waals surface area contributed by atoms with Crippen LogP contribution in [0.3, 0.4) is 0 Å². The Morgan fingerprint density at radius 1 is 1.35 bits per heavy atom. The van der Waals surface area contributed by atoms with E-state index in [9.17, 15) is 9.18 Å². The molecule has 88 valence electrons. The molecule has 0 saturated carbocycles. The van der Waals surface area contributed by atoms with Gasteiger partial charge in [-0.3, -0.25) is 0 Å². The minimum absolute atomic E-state index is 0.311. The molecule has 4 nitrogen and oxygen atoms in total. The average molecular weight is 233 g/mol. The summed E-state index contributed by atoms with van der Waals surface area (Å²) >= 11 is 0. The smallest absolute Gasteiger partial charge is 0.314 e. The van der Waals surface area contributed by atoms with Gasteiger partial charge in [-0.25, -0.2) is 9.18 Å². The van der Waals surface area contributed by atoms with Crippen molar-refractivity contribution in [1.29, 1.82) is 0 Å². The molecule has 2 rings (SSSR count). The summed E-state index contributed by atoms with van der Waals surface area (Å²) in [5.41, 5.74) is 1.60. The number of hydrogen-bond acceptors (Lipinski definition) is 3. The van der Waals surface area contributed by atoms with E-state index in [1.54, 1.807) is 25.2 Å². The van der Waals surface area contributed by atoms with Gasteiger partial charge < -0.3 is 10.3 Å². The second-order valence-electron chi connectivity index (χ2n) is 3.63. The monoisotopic (exact) mass is 233 g/mol. The summed E-state index contributed by atoms with van der Waals surface area (Å²) < 4.78 is 12.8. The second-order valence-corrected chi connectivity index (χ2v) is 3.63. The van der Waals surface area contributed by atoms with Crippen LogP contribution < -0.4 is 11.0 Å². The number of aromatic nitrogens is 2. The largest absolute Gasteiger partial charge is 0.345 e. The number of halogens is 1. The van der Waals surface area contributed by atoms with Crippen molar-refractivity contribution in [1.82, 2.24) is 15.3 Å². The van der Waals surface area contributed by atoms with Gasteiger partial charge in [-0.1, -0.05) is 0 Å². The average Bonchev–Trinajstić information content (AvgIpc) is 2.29. The molecule has 1 aromatic carbocycles. The number of benzene rings is 1. The molecule has 0 radical (unpaired) electrons. The zero-order valence-electron chi connectivity index (χ0n) is 9.33. The third kappa shape index (κ3) is 2.76. The lowest BCUT2D eigenvalue weighted by molar-refractivity contribution is 0.628. The lowest BCUT2D eigenvalue weighted by Gasteiger charge is -2.03. The first-order chi connectivity index (χ1) is 8.19. The maximum atomic E-state index is 12.8. The lowest BCUT2D eigenvalue weighted by Crippen LogP contribution is -2.17. The Morgan fingerprint density at radius 3 is 2.71 bits per heavy atom. The first kappa shape index (κ1) is 11.5. The summed E-state index contributed by atoms with van der Waals surface area (Å²) in [6, 6.07) is 7.65. The summed E-state index contributed by atoms with van der Waals surface area (Å²) in [6.45, 7) is 0.548. The van der Waals surface area contributed by atoms with Crippen LogP contribution in [0.4, 0.5) is 4.39 Å². The first-order valence-corrected chi connectivity index (χ1v) is 5.20. The van der Waals surface area contributed by atoms with Gasteiger partial charge in [0, 0.05) is 17.8 Å². The Labute approximate surface area is 97.5 Å². The van der Waals surface area contributed by atoms with Crippen molar-refractivity contribution in [2.24, 2.45) is 0 Å². The van der Waals surface area contributed by atoms with Crippen LogP contribution in [0, 0.1) is 5.82 Å². The zero-order chi connectivity index (χ0) is 12.3. The van der Waals surface area contributed by atoms with E-state index >= 15 is 0 Å². The van der Waals surface area contributed by atoms with Crippen molar-refractivity contribution in [3.63, 3.8) is 0 Å². The molecule has 2 N–H and O–H groups in total. The van der Waals surface area contributed by atoms with E-state index in [0.29, 0.717) is 12.2 Å². The summed E-state index contributed by atoms with van der Waals surface area (Å²) in [5, 5.41) is 2.94. The highest BCUT2D eigenvalue weighted by Crippen LogP contribution is 2.16. The fourth-order valence-electron chi connectivity index (χ4n) is 1.56. The van der Waals surface area contributed by atoms with Crippen LogP contribution in [-0.2, 0) is 6.54 Å². The molecule has 0 spiro atoms. The van der Waals surface area contributed by atoms with Gasteiger partial charge in [0.05, 0.1) is 5.69 Å². The molecule has 0 unspecified atom stereocenters. The normalized spacial score (nSPS) is 10.5. The number of aromatic amines is 1. The highest BCUT2D eigenvalue weighted by Gasteiger charge is 2.03. The molecule has 0 amide bonds. The fraction of sp³-hybridized carbons (Fsp3) is 0.167. The quantitative estimate of drug-likeness (QED) is 0.840. The number of nitrogens with one attached hydrogen (secondary N) is 2. The molecule has 0 aliphatic heterocycles. The molecule has 17 heavy (non-hydrogen) atoms. The van der Waals surface area contributed by atoms with Gasteiger partial charge in [-0.15, -0.1) is 0 Å². The molecule has 5 heteroatoms. The molecule has 0 aliphatic rings. The van der Waals surface area contributed by atoms with Crippen LogP contribution in [0.2, 0.25) is 0 Å². The van der Waals surface area contributed by atoms with Gasteiger partial charge in [0.1, 0.15) is 5.82 Å². The van der Waals surface area contributed by atoms with E-state index in [1.165, 1.54) is 12.1 Å². The predicted octanol–water partition coefficient (Wildman–Crippen LogP) is 1.30. The van der Waals surface area contributed by atoms with E-state index in [4.69, 9.17) is 0 Å². The molecular formula is C12H12FN3O. The molecule has 0 aliphatic carbocycles. The Hall–Kier alpha value is -2.01. The summed E-state index contributed by atoms with van der Waals surface area (Å²) in [6.07, 6.45) is 0. The van der Waals surface area contributed by atoms with E-state index in [1.807, 2.05) is 0 Å². The molecule has 1 heterocycles. The van der Waals surface area contributed by atoms with Crippen molar-refractivity contribution in [2.75, 3.05) is 7.05 Å². The molecule has 0 fully saturated rings. The Balaban J connectivity index is 2.44. The van der Waals surface area contributed by atoms with Crippen LogP contribution in [0.15, 0.2) is 35.1 Å². The van der Waals surface area contributed by atoms with Gasteiger partial charge in [-0.2, -0.15) is 4.98 Å². The van der Waals surface area contributed by atoms with Crippen molar-refractivity contribution < 1.29 is 4.39 Å². The van der Waals surface area contributed by atoms with E-state index < -0.39 is 5.69 Å². The number of hydrogen-bond donors (Lipinski definition) is 2. The van der Waals surface area contributed by atoms with Crippen LogP contribution in [-0.4, -0.2) is 17.0 Å². The molecule has 1 aromatic heterocycles. The number of nitrogens with zero attached hydrogens (tertiary/aromatic N) is 1. The van der Waals surface area contributed by atoms with Crippen LogP contribution in [0.1, 0.15) is 5.69 Å². The maximum Gasteiger partial charge on any atom is 0.345 e. The third-order valence-corrected chi connectivity index (χ3v) is 2.31. The standard InChI is InChI=1S/C12H12FN3O/c1-14-7-10-6-11(16-12(17)15-10)8-2-4-9(13)5-3-8/h2-6,14H,7H2,1H3,(H,15,16,17). The highest BCUT2D eigenvalue weighted by molar-refractivity contribution is 5.58. The number of rotatable bonds is 3. The van der Waals surface area contributed by atoms with Crippen LogP contribution in [0.5, 0.6) is 0 Å². The Morgan fingerprint density at radius 2 is 2.06 bits per heavy atom. The van der Waals surface area contributed by atoms with Crippen LogP contribution in [0.25, 0.3) is 11.3 Å². The van der Waals surface area contributed by atoms with Gasteiger partial charge in [0.2, 0.25) is 0 Å². The summed E-state index contributed by atoms with van der Waals surface area (Å²) in [4.78, 5) is 17.8. The van der Waals surface area contributed by atoms with Crippen molar-refractivity contribution in [3.05, 3.63) is 52.3 Å². The Kier molecular flexibility index (Phi) is 3.30. The third-order valence-electron chi connectivity index (χ3n) is 2.31. The zero-order valence-corrected chi connectivity index (χ0v) is 9.33. The lowest BCUT2D eigenvalue weighted by atomic mass is 10.1. The molecule has 2 aromatic rings. The van der Waals surface area contributed by atoms with E-state index in [0.717, 1.165) is 11.3 Å². The van der Waals surface area contributed by atoms with Gasteiger partial charge in [0.25, 0.3) is 0 Å². The van der Waals surface area contributed by atoms with Gasteiger partial charge in [-0.05, 0) is 37.4 Å². The molecule has 0 saturated heterocycles. The van der Waals surface area contributed by atoms with Crippen molar-refractivity contribution in [2.45, 2.75) is 6.54 Å². The minimum atomic E-state index is -0.405. The second kappa shape index (κ2) is 4.88. The van der Waals surface area contributed by atoms with Crippen molar-refractivity contribution >= 4 is 0 Å². The topological polar surface area (TPSA) is 57.8 Å². The van der Waals surface area contributed by atoms with E-state index in [2.05, 4.69) is 15.3 Å². The number of H-pyrrole nitrogens is 1. The minimum Gasteiger partial charge on any atom is -0.314 e. The fourth-order valence-corrected chi connectivity index (χ4v) is 1.56. The summed E-state index contributed by atoms with van der Waals surface area (Å²) in [7, 11) is 1.79. The maximum absolute atomic E-state index is 12.8. The SMILES string of the molecule is CNCc1cc(-c2ccc(F)cc2)nc(=O)[nH]1. The first-order valence-electron chi connectivity index (χ1n) is 5.20. The van der Waals surface area contributed by atoms with Crippen molar-refractivity contribution in [3.8, 4) is 11.3 Å². The Bertz CT molecular complexity index is 563. The predicted molar refractivity (Wildman–Crippen MR) is 63.0 cm³/mol. The highest BCUT2D eigenvalue weighted by atomic mass is 19.1. The summed E-state index contributed by atoms with van der Waals surface area (Å²) in [5.74, 6) is -0.311. The van der Waals surface area contributed by atoms with Gasteiger partial charge >= 0.3 is 5.69 Å². The molecular weight excluding hydrogens is 221 g/mol. The molecule has 0 bridgehead atoms.